The molecule has 166 valence electrons. The summed E-state index contributed by atoms with van der Waals surface area (Å²) in [5.74, 6) is 2.52. The van der Waals surface area contributed by atoms with Gasteiger partial charge in [0.15, 0.2) is 0 Å². The van der Waals surface area contributed by atoms with Gasteiger partial charge >= 0.3 is 0 Å². The lowest BCUT2D eigenvalue weighted by Gasteiger charge is -2.38. The Balaban J connectivity index is 1.45. The average molecular weight is 439 g/mol. The van der Waals surface area contributed by atoms with Gasteiger partial charge in [0, 0.05) is 17.5 Å². The van der Waals surface area contributed by atoms with Crippen LogP contribution in [0.5, 0.6) is 17.2 Å². The molecule has 3 aromatic carbocycles. The molecule has 0 saturated carbocycles. The van der Waals surface area contributed by atoms with E-state index in [-0.39, 0.29) is 12.3 Å². The maximum Gasteiger partial charge on any atom is 0.213 e. The number of rotatable bonds is 8. The Morgan fingerprint density at radius 1 is 0.879 bits per heavy atom. The zero-order valence-electron chi connectivity index (χ0n) is 18.4. The molecule has 33 heavy (non-hydrogen) atoms. The summed E-state index contributed by atoms with van der Waals surface area (Å²) in [6.45, 7) is 8.36. The van der Waals surface area contributed by atoms with Crippen LogP contribution in [0, 0.1) is 0 Å². The van der Waals surface area contributed by atoms with Crippen molar-refractivity contribution in [1.29, 1.82) is 0 Å². The van der Waals surface area contributed by atoms with E-state index in [1.807, 2.05) is 48.5 Å². The van der Waals surface area contributed by atoms with E-state index in [4.69, 9.17) is 19.3 Å². The molecule has 0 fully saturated rings. The summed E-state index contributed by atoms with van der Waals surface area (Å²) >= 11 is 0. The van der Waals surface area contributed by atoms with Gasteiger partial charge in [-0.15, -0.1) is 0 Å². The van der Waals surface area contributed by atoms with Gasteiger partial charge < -0.3 is 14.2 Å². The van der Waals surface area contributed by atoms with Crippen molar-refractivity contribution in [2.45, 2.75) is 18.7 Å². The highest BCUT2D eigenvalue weighted by atomic mass is 16.5. The molecule has 0 aliphatic carbocycles. The summed E-state index contributed by atoms with van der Waals surface area (Å²) in [5, 5.41) is 7.11. The molecule has 5 nitrogen and oxygen atoms in total. The van der Waals surface area contributed by atoms with Gasteiger partial charge in [0.2, 0.25) is 6.23 Å². The topological polar surface area (TPSA) is 43.3 Å². The quantitative estimate of drug-likeness (QED) is 0.401. The van der Waals surface area contributed by atoms with E-state index in [0.717, 1.165) is 46.1 Å². The largest absolute Gasteiger partial charge is 0.490 e. The molecule has 0 amide bonds. The number of ether oxygens (including phenoxy) is 3. The molecule has 2 heterocycles. The highest BCUT2D eigenvalue weighted by Crippen LogP contribution is 2.47. The second-order valence-corrected chi connectivity index (χ2v) is 7.95. The Morgan fingerprint density at radius 2 is 1.52 bits per heavy atom. The van der Waals surface area contributed by atoms with Gasteiger partial charge in [-0.2, -0.15) is 5.10 Å². The smallest absolute Gasteiger partial charge is 0.213 e. The van der Waals surface area contributed by atoms with Crippen molar-refractivity contribution in [3.63, 3.8) is 0 Å². The molecule has 2 aliphatic heterocycles. The number of hydrogen-bond acceptors (Lipinski definition) is 5. The molecule has 0 saturated heterocycles. The number of benzene rings is 3. The molecule has 3 aromatic rings. The Bertz CT molecular complexity index is 1170. The van der Waals surface area contributed by atoms with Crippen molar-refractivity contribution in [1.82, 2.24) is 5.01 Å². The van der Waals surface area contributed by atoms with Crippen LogP contribution in [-0.4, -0.2) is 23.9 Å². The summed E-state index contributed by atoms with van der Waals surface area (Å²) in [6.07, 6.45) is 3.97. The molecule has 0 N–H and O–H groups in total. The first-order chi connectivity index (χ1) is 16.3. The van der Waals surface area contributed by atoms with Crippen molar-refractivity contribution < 1.29 is 14.2 Å². The first kappa shape index (κ1) is 20.9. The molecule has 0 bridgehead atoms. The van der Waals surface area contributed by atoms with Crippen molar-refractivity contribution >= 4 is 5.71 Å². The van der Waals surface area contributed by atoms with Crippen molar-refractivity contribution in [3.8, 4) is 17.2 Å². The lowest BCUT2D eigenvalue weighted by molar-refractivity contribution is -0.0190. The fourth-order valence-electron chi connectivity index (χ4n) is 4.21. The SMILES string of the molecule is C=CCOc1ccc(C2=NN3C(C2)c2ccccc2OC3c2ccc(OCC=C)cc2)cc1. The first-order valence-corrected chi connectivity index (χ1v) is 11.1. The van der Waals surface area contributed by atoms with Crippen LogP contribution in [0.3, 0.4) is 0 Å². The third kappa shape index (κ3) is 4.22. The van der Waals surface area contributed by atoms with Crippen LogP contribution in [-0.2, 0) is 0 Å². The van der Waals surface area contributed by atoms with Crippen LogP contribution in [0.4, 0.5) is 0 Å². The summed E-state index contributed by atoms with van der Waals surface area (Å²) in [5.41, 5.74) is 4.30. The monoisotopic (exact) mass is 438 g/mol. The fourth-order valence-corrected chi connectivity index (χ4v) is 4.21. The van der Waals surface area contributed by atoms with Crippen molar-refractivity contribution in [2.24, 2.45) is 5.10 Å². The number of para-hydroxylation sites is 1. The maximum absolute atomic E-state index is 6.43. The average Bonchev–Trinajstić information content (AvgIpc) is 3.32. The second-order valence-electron chi connectivity index (χ2n) is 7.95. The summed E-state index contributed by atoms with van der Waals surface area (Å²) < 4.78 is 17.7. The Labute approximate surface area is 194 Å². The van der Waals surface area contributed by atoms with Crippen LogP contribution in [0.15, 0.2) is 103 Å². The van der Waals surface area contributed by atoms with Crippen LogP contribution >= 0.6 is 0 Å². The van der Waals surface area contributed by atoms with Crippen molar-refractivity contribution in [3.05, 3.63) is 115 Å². The lowest BCUT2D eigenvalue weighted by Crippen LogP contribution is -2.33. The summed E-state index contributed by atoms with van der Waals surface area (Å²) in [7, 11) is 0. The highest BCUT2D eigenvalue weighted by Gasteiger charge is 2.40. The Hall–Kier alpha value is -3.99. The number of hydrogen-bond donors (Lipinski definition) is 0. The molecular formula is C28H26N2O3. The number of nitrogens with zero attached hydrogens (tertiary/aromatic N) is 2. The van der Waals surface area contributed by atoms with Gasteiger partial charge in [-0.3, -0.25) is 0 Å². The predicted molar refractivity (Wildman–Crippen MR) is 130 cm³/mol. The summed E-state index contributed by atoms with van der Waals surface area (Å²) in [6, 6.07) is 24.4. The Kier molecular flexibility index (Phi) is 5.85. The normalized spacial score (nSPS) is 18.4. The van der Waals surface area contributed by atoms with Gasteiger partial charge in [0.25, 0.3) is 0 Å². The molecule has 0 aromatic heterocycles. The van der Waals surface area contributed by atoms with E-state index in [1.54, 1.807) is 12.2 Å². The maximum atomic E-state index is 6.43. The molecule has 0 radical (unpaired) electrons. The highest BCUT2D eigenvalue weighted by molar-refractivity contribution is 6.02. The van der Waals surface area contributed by atoms with Crippen LogP contribution in [0.25, 0.3) is 0 Å². The van der Waals surface area contributed by atoms with E-state index in [0.29, 0.717) is 13.2 Å². The van der Waals surface area contributed by atoms with Crippen LogP contribution in [0.2, 0.25) is 0 Å². The zero-order valence-corrected chi connectivity index (χ0v) is 18.4. The van der Waals surface area contributed by atoms with E-state index >= 15 is 0 Å². The minimum absolute atomic E-state index is 0.114. The van der Waals surface area contributed by atoms with Gasteiger partial charge in [-0.25, -0.2) is 5.01 Å². The standard InChI is InChI=1S/C28H26N2O3/c1-3-17-31-22-13-9-20(10-14-22)25-19-26-24-7-5-6-8-27(24)33-28(30(26)29-25)21-11-15-23(16-12-21)32-18-4-2/h3-16,26,28H,1-2,17-19H2. The molecule has 0 spiro atoms. The predicted octanol–water partition coefficient (Wildman–Crippen LogP) is 6.06. The first-order valence-electron chi connectivity index (χ1n) is 11.1. The minimum atomic E-state index is -0.314. The number of fused-ring (bicyclic) bond motifs is 3. The van der Waals surface area contributed by atoms with Gasteiger partial charge in [0.1, 0.15) is 30.5 Å². The second kappa shape index (κ2) is 9.25. The minimum Gasteiger partial charge on any atom is -0.490 e. The molecular weight excluding hydrogens is 412 g/mol. The van der Waals surface area contributed by atoms with Gasteiger partial charge in [-0.1, -0.05) is 43.5 Å². The van der Waals surface area contributed by atoms with Gasteiger partial charge in [-0.05, 0) is 60.2 Å². The molecule has 5 heteroatoms. The van der Waals surface area contributed by atoms with E-state index in [1.165, 1.54) is 0 Å². The Morgan fingerprint density at radius 3 is 2.18 bits per heavy atom. The van der Waals surface area contributed by atoms with Crippen LogP contribution in [0.1, 0.15) is 35.4 Å². The number of hydrazone groups is 1. The summed E-state index contributed by atoms with van der Waals surface area (Å²) in [4.78, 5) is 0. The van der Waals surface area contributed by atoms with E-state index in [2.05, 4.69) is 42.4 Å². The zero-order chi connectivity index (χ0) is 22.6. The third-order valence-corrected chi connectivity index (χ3v) is 5.79. The van der Waals surface area contributed by atoms with E-state index < -0.39 is 0 Å². The van der Waals surface area contributed by atoms with Crippen LogP contribution < -0.4 is 14.2 Å². The fraction of sp³-hybridized carbons (Fsp3) is 0.179. The third-order valence-electron chi connectivity index (χ3n) is 5.79. The molecule has 5 rings (SSSR count). The lowest BCUT2D eigenvalue weighted by atomic mass is 9.96. The van der Waals surface area contributed by atoms with Crippen molar-refractivity contribution in [2.75, 3.05) is 13.2 Å². The van der Waals surface area contributed by atoms with Gasteiger partial charge in [0.05, 0.1) is 11.8 Å². The molecule has 2 atom stereocenters. The van der Waals surface area contributed by atoms with E-state index in [9.17, 15) is 0 Å². The molecule has 2 aliphatic rings. The molecule has 2 unspecified atom stereocenters.